The lowest BCUT2D eigenvalue weighted by Crippen LogP contribution is -2.47. The van der Waals surface area contributed by atoms with Gasteiger partial charge in [-0.05, 0) is 60.3 Å². The molecule has 0 radical (unpaired) electrons. The fourth-order valence-electron chi connectivity index (χ4n) is 3.69. The zero-order chi connectivity index (χ0) is 14.3. The highest BCUT2D eigenvalue weighted by Crippen LogP contribution is 2.61. The number of carbonyl (C=O) groups is 1. The van der Waals surface area contributed by atoms with Gasteiger partial charge >= 0.3 is 5.97 Å². The molecular formula is C18H22O2. The standard InChI is InChI=1S/C18H22O2/c1-4-20-17(19)13-7-5-12(6-8-13)15-10-9-14-11-16(15)18(14,2)3/h5-8,10,14,16H,4,9,11H2,1-3H3. The Morgan fingerprint density at radius 3 is 2.55 bits per heavy atom. The van der Waals surface area contributed by atoms with Crippen molar-refractivity contribution in [2.24, 2.45) is 17.3 Å². The van der Waals surface area contributed by atoms with E-state index in [9.17, 15) is 4.79 Å². The van der Waals surface area contributed by atoms with Crippen molar-refractivity contribution in [2.45, 2.75) is 33.6 Å². The topological polar surface area (TPSA) is 26.3 Å². The van der Waals surface area contributed by atoms with E-state index in [1.807, 2.05) is 19.1 Å². The number of fused-ring (bicyclic) bond motifs is 1. The summed E-state index contributed by atoms with van der Waals surface area (Å²) in [5, 5.41) is 0. The van der Waals surface area contributed by atoms with E-state index >= 15 is 0 Å². The molecule has 2 unspecified atom stereocenters. The van der Waals surface area contributed by atoms with Crippen LogP contribution in [0.2, 0.25) is 0 Å². The van der Waals surface area contributed by atoms with Crippen LogP contribution in [0.25, 0.3) is 5.57 Å². The first-order valence-corrected chi connectivity index (χ1v) is 7.51. The summed E-state index contributed by atoms with van der Waals surface area (Å²) in [6, 6.07) is 7.89. The molecule has 1 fully saturated rings. The third-order valence-electron chi connectivity index (χ3n) is 5.20. The third-order valence-corrected chi connectivity index (χ3v) is 5.20. The van der Waals surface area contributed by atoms with E-state index in [1.165, 1.54) is 24.0 Å². The summed E-state index contributed by atoms with van der Waals surface area (Å²) in [5.74, 6) is 1.30. The Hall–Kier alpha value is -1.57. The Balaban J connectivity index is 1.82. The summed E-state index contributed by atoms with van der Waals surface area (Å²) < 4.78 is 5.02. The summed E-state index contributed by atoms with van der Waals surface area (Å²) >= 11 is 0. The molecule has 3 aliphatic rings. The third kappa shape index (κ3) is 1.98. The zero-order valence-electron chi connectivity index (χ0n) is 12.5. The predicted octanol–water partition coefficient (Wildman–Crippen LogP) is 4.31. The normalized spacial score (nSPS) is 26.4. The fraction of sp³-hybridized carbons (Fsp3) is 0.500. The number of ether oxygens (including phenoxy) is 1. The Morgan fingerprint density at radius 2 is 2.00 bits per heavy atom. The summed E-state index contributed by atoms with van der Waals surface area (Å²) in [7, 11) is 0. The maximum absolute atomic E-state index is 11.7. The van der Waals surface area contributed by atoms with E-state index in [1.54, 1.807) is 0 Å². The van der Waals surface area contributed by atoms with Gasteiger partial charge in [-0.15, -0.1) is 0 Å². The van der Waals surface area contributed by atoms with Crippen molar-refractivity contribution in [1.29, 1.82) is 0 Å². The minimum atomic E-state index is -0.235. The number of allylic oxidation sites excluding steroid dienone is 2. The molecule has 0 N–H and O–H groups in total. The molecule has 1 aromatic rings. The van der Waals surface area contributed by atoms with Gasteiger partial charge in [0.1, 0.15) is 0 Å². The lowest BCUT2D eigenvalue weighted by Gasteiger charge is -2.56. The molecule has 1 aromatic carbocycles. The molecule has 2 heteroatoms. The highest BCUT2D eigenvalue weighted by molar-refractivity contribution is 5.90. The minimum Gasteiger partial charge on any atom is -0.462 e. The second-order valence-electron chi connectivity index (χ2n) is 6.50. The highest BCUT2D eigenvalue weighted by Gasteiger charge is 2.51. The Kier molecular flexibility index (Phi) is 3.19. The van der Waals surface area contributed by atoms with Gasteiger partial charge < -0.3 is 4.74 Å². The lowest BCUT2D eigenvalue weighted by molar-refractivity contribution is 0.0113. The Bertz CT molecular complexity index is 551. The molecule has 106 valence electrons. The van der Waals surface area contributed by atoms with Crippen LogP contribution in [0.4, 0.5) is 0 Å². The summed E-state index contributed by atoms with van der Waals surface area (Å²) in [6.07, 6.45) is 4.90. The van der Waals surface area contributed by atoms with Crippen molar-refractivity contribution < 1.29 is 9.53 Å². The lowest BCUT2D eigenvalue weighted by atomic mass is 9.48. The molecule has 20 heavy (non-hydrogen) atoms. The van der Waals surface area contributed by atoms with E-state index in [-0.39, 0.29) is 5.97 Å². The van der Waals surface area contributed by atoms with E-state index < -0.39 is 0 Å². The molecule has 0 aromatic heterocycles. The second-order valence-corrected chi connectivity index (χ2v) is 6.50. The van der Waals surface area contributed by atoms with Crippen LogP contribution in [0, 0.1) is 17.3 Å². The van der Waals surface area contributed by atoms with Crippen LogP contribution in [-0.4, -0.2) is 12.6 Å². The first-order valence-electron chi connectivity index (χ1n) is 7.51. The number of hydrogen-bond acceptors (Lipinski definition) is 2. The molecule has 1 saturated carbocycles. The molecule has 0 heterocycles. The van der Waals surface area contributed by atoms with Crippen LogP contribution in [0.1, 0.15) is 49.5 Å². The molecule has 4 rings (SSSR count). The van der Waals surface area contributed by atoms with Gasteiger partial charge in [0, 0.05) is 0 Å². The maximum Gasteiger partial charge on any atom is 0.338 e. The number of rotatable bonds is 3. The van der Waals surface area contributed by atoms with Gasteiger partial charge in [-0.25, -0.2) is 4.79 Å². The number of carbonyl (C=O) groups excluding carboxylic acids is 1. The van der Waals surface area contributed by atoms with Gasteiger partial charge in [0.15, 0.2) is 0 Å². The van der Waals surface area contributed by atoms with E-state index in [2.05, 4.69) is 32.1 Å². The first-order chi connectivity index (χ1) is 9.54. The van der Waals surface area contributed by atoms with Crippen LogP contribution < -0.4 is 0 Å². The predicted molar refractivity (Wildman–Crippen MR) is 80.4 cm³/mol. The maximum atomic E-state index is 11.7. The average molecular weight is 270 g/mol. The van der Waals surface area contributed by atoms with Gasteiger partial charge in [-0.2, -0.15) is 0 Å². The van der Waals surface area contributed by atoms with Gasteiger partial charge in [0.05, 0.1) is 12.2 Å². The SMILES string of the molecule is CCOC(=O)c1ccc(C2=CCC3CC2C3(C)C)cc1. The second kappa shape index (κ2) is 4.76. The molecule has 0 saturated heterocycles. The van der Waals surface area contributed by atoms with E-state index in [0.717, 1.165) is 5.92 Å². The van der Waals surface area contributed by atoms with E-state index in [0.29, 0.717) is 23.5 Å². The van der Waals surface area contributed by atoms with Crippen LogP contribution >= 0.6 is 0 Å². The fourth-order valence-corrected chi connectivity index (χ4v) is 3.69. The summed E-state index contributed by atoms with van der Waals surface area (Å²) in [4.78, 5) is 11.7. The molecular weight excluding hydrogens is 248 g/mol. The van der Waals surface area contributed by atoms with Crippen molar-refractivity contribution in [3.8, 4) is 0 Å². The van der Waals surface area contributed by atoms with Crippen LogP contribution in [0.15, 0.2) is 30.3 Å². The van der Waals surface area contributed by atoms with Crippen LogP contribution in [0.5, 0.6) is 0 Å². The van der Waals surface area contributed by atoms with Crippen LogP contribution in [-0.2, 0) is 4.74 Å². The molecule has 2 bridgehead atoms. The Labute approximate surface area is 120 Å². The van der Waals surface area contributed by atoms with E-state index in [4.69, 9.17) is 4.74 Å². The van der Waals surface area contributed by atoms with Gasteiger partial charge in [0.25, 0.3) is 0 Å². The number of esters is 1. The van der Waals surface area contributed by atoms with Gasteiger partial charge in [-0.3, -0.25) is 0 Å². The molecule has 0 aliphatic heterocycles. The quantitative estimate of drug-likeness (QED) is 0.765. The summed E-state index contributed by atoms with van der Waals surface area (Å²) in [5.41, 5.74) is 3.80. The smallest absolute Gasteiger partial charge is 0.338 e. The molecule has 2 nitrogen and oxygen atoms in total. The average Bonchev–Trinajstić information content (AvgIpc) is 2.47. The first kappa shape index (κ1) is 13.4. The van der Waals surface area contributed by atoms with Gasteiger partial charge in [0.2, 0.25) is 0 Å². The highest BCUT2D eigenvalue weighted by atomic mass is 16.5. The molecule has 2 atom stereocenters. The largest absolute Gasteiger partial charge is 0.462 e. The Morgan fingerprint density at radius 1 is 1.30 bits per heavy atom. The molecule has 3 aliphatic carbocycles. The molecule has 0 amide bonds. The zero-order valence-corrected chi connectivity index (χ0v) is 12.5. The number of benzene rings is 1. The monoisotopic (exact) mass is 270 g/mol. The van der Waals surface area contributed by atoms with Crippen molar-refractivity contribution in [1.82, 2.24) is 0 Å². The van der Waals surface area contributed by atoms with Crippen molar-refractivity contribution in [3.63, 3.8) is 0 Å². The van der Waals surface area contributed by atoms with Gasteiger partial charge in [-0.1, -0.05) is 32.1 Å². The summed E-state index contributed by atoms with van der Waals surface area (Å²) in [6.45, 7) is 7.01. The minimum absolute atomic E-state index is 0.235. The van der Waals surface area contributed by atoms with Crippen LogP contribution in [0.3, 0.4) is 0 Å². The number of hydrogen-bond donors (Lipinski definition) is 0. The van der Waals surface area contributed by atoms with Crippen molar-refractivity contribution in [3.05, 3.63) is 41.5 Å². The van der Waals surface area contributed by atoms with Crippen molar-refractivity contribution >= 4 is 11.5 Å². The molecule has 0 spiro atoms. The van der Waals surface area contributed by atoms with Crippen molar-refractivity contribution in [2.75, 3.05) is 6.61 Å².